The average Bonchev–Trinajstić information content (AvgIpc) is 2.66. The topological polar surface area (TPSA) is 104 Å². The van der Waals surface area contributed by atoms with Crippen molar-refractivity contribution in [2.24, 2.45) is 0 Å². The maximum atomic E-state index is 12.4. The molecule has 3 heterocycles. The molecule has 0 aliphatic carbocycles. The lowest BCUT2D eigenvalue weighted by Crippen LogP contribution is -2.56. The molecule has 0 saturated carbocycles. The minimum Gasteiger partial charge on any atom is -0.370 e. The number of ether oxygens (including phenoxy) is 1. The van der Waals surface area contributed by atoms with Gasteiger partial charge in [-0.1, -0.05) is 11.6 Å². The maximum absolute atomic E-state index is 12.4. The summed E-state index contributed by atoms with van der Waals surface area (Å²) in [5, 5.41) is 19.9. The SMILES string of the molecule is Cc1nnccc1C(=O)NCC1(C)CN(c2ncc(C#N)cc2Cl)CCO1. The molecule has 1 atom stereocenters. The van der Waals surface area contributed by atoms with E-state index in [0.717, 1.165) is 0 Å². The zero-order valence-corrected chi connectivity index (χ0v) is 15.8. The van der Waals surface area contributed by atoms with Crippen LogP contribution in [0.5, 0.6) is 0 Å². The number of hydrogen-bond donors (Lipinski definition) is 1. The molecule has 140 valence electrons. The van der Waals surface area contributed by atoms with Crippen LogP contribution in [0.1, 0.15) is 28.5 Å². The van der Waals surface area contributed by atoms with Gasteiger partial charge < -0.3 is 15.0 Å². The Labute approximate surface area is 162 Å². The van der Waals surface area contributed by atoms with E-state index in [4.69, 9.17) is 21.6 Å². The van der Waals surface area contributed by atoms with Crippen molar-refractivity contribution in [3.8, 4) is 6.07 Å². The molecule has 0 radical (unpaired) electrons. The van der Waals surface area contributed by atoms with E-state index in [1.54, 1.807) is 19.1 Å². The quantitative estimate of drug-likeness (QED) is 0.853. The fourth-order valence-corrected chi connectivity index (χ4v) is 3.23. The van der Waals surface area contributed by atoms with Crippen molar-refractivity contribution in [3.63, 3.8) is 0 Å². The highest BCUT2D eigenvalue weighted by molar-refractivity contribution is 6.33. The van der Waals surface area contributed by atoms with Crippen LogP contribution in [0.25, 0.3) is 0 Å². The first-order valence-electron chi connectivity index (χ1n) is 8.43. The summed E-state index contributed by atoms with van der Waals surface area (Å²) in [5.41, 5.74) is 0.854. The third kappa shape index (κ3) is 4.32. The van der Waals surface area contributed by atoms with Crippen LogP contribution in [0, 0.1) is 18.3 Å². The van der Waals surface area contributed by atoms with E-state index in [-0.39, 0.29) is 5.91 Å². The molecule has 8 nitrogen and oxygen atoms in total. The number of morpholine rings is 1. The molecule has 0 spiro atoms. The van der Waals surface area contributed by atoms with E-state index in [2.05, 4.69) is 20.5 Å². The molecule has 1 amide bonds. The molecule has 1 aliphatic heterocycles. The number of pyridine rings is 1. The minimum atomic E-state index is -0.610. The summed E-state index contributed by atoms with van der Waals surface area (Å²) in [6.45, 7) is 5.57. The van der Waals surface area contributed by atoms with Gasteiger partial charge in [0.05, 0.1) is 34.6 Å². The molecule has 1 unspecified atom stereocenters. The maximum Gasteiger partial charge on any atom is 0.253 e. The number of aromatic nitrogens is 3. The first kappa shape index (κ1) is 19.0. The van der Waals surface area contributed by atoms with Crippen LogP contribution in [0.4, 0.5) is 5.82 Å². The fraction of sp³-hybridized carbons (Fsp3) is 0.389. The molecule has 1 saturated heterocycles. The molecular formula is C18H19ClN6O2. The fourth-order valence-electron chi connectivity index (χ4n) is 2.95. The lowest BCUT2D eigenvalue weighted by atomic mass is 10.0. The van der Waals surface area contributed by atoms with Gasteiger partial charge in [-0.05, 0) is 26.0 Å². The molecule has 0 aromatic carbocycles. The predicted octanol–water partition coefficient (Wildman–Crippen LogP) is 1.73. The van der Waals surface area contributed by atoms with Crippen LogP contribution < -0.4 is 10.2 Å². The number of nitrogens with zero attached hydrogens (tertiary/aromatic N) is 5. The monoisotopic (exact) mass is 386 g/mol. The number of halogens is 1. The second kappa shape index (κ2) is 7.86. The van der Waals surface area contributed by atoms with Crippen molar-refractivity contribution in [2.75, 3.05) is 31.1 Å². The summed E-state index contributed by atoms with van der Waals surface area (Å²) >= 11 is 6.28. The number of hydrogen-bond acceptors (Lipinski definition) is 7. The molecule has 1 fully saturated rings. The van der Waals surface area contributed by atoms with Crippen molar-refractivity contribution in [3.05, 3.63) is 46.4 Å². The van der Waals surface area contributed by atoms with Crippen LogP contribution in [0.3, 0.4) is 0 Å². The highest BCUT2D eigenvalue weighted by Gasteiger charge is 2.34. The molecule has 9 heteroatoms. The zero-order chi connectivity index (χ0) is 19.4. The van der Waals surface area contributed by atoms with Crippen LogP contribution in [0.15, 0.2) is 24.5 Å². The van der Waals surface area contributed by atoms with Gasteiger partial charge >= 0.3 is 0 Å². The van der Waals surface area contributed by atoms with Gasteiger partial charge in [0.25, 0.3) is 5.91 Å². The predicted molar refractivity (Wildman–Crippen MR) is 99.6 cm³/mol. The van der Waals surface area contributed by atoms with E-state index >= 15 is 0 Å². The van der Waals surface area contributed by atoms with Crippen molar-refractivity contribution in [2.45, 2.75) is 19.4 Å². The van der Waals surface area contributed by atoms with E-state index in [1.807, 2.05) is 17.9 Å². The van der Waals surface area contributed by atoms with Crippen LogP contribution in [-0.4, -0.2) is 52.9 Å². The number of nitrogens with one attached hydrogen (secondary N) is 1. The zero-order valence-electron chi connectivity index (χ0n) is 15.1. The molecule has 3 rings (SSSR count). The van der Waals surface area contributed by atoms with Gasteiger partial charge in [0.2, 0.25) is 0 Å². The average molecular weight is 387 g/mol. The van der Waals surface area contributed by atoms with Gasteiger partial charge in [-0.2, -0.15) is 15.5 Å². The Morgan fingerprint density at radius 1 is 1.56 bits per heavy atom. The number of carbonyl (C=O) groups is 1. The smallest absolute Gasteiger partial charge is 0.253 e. The minimum absolute atomic E-state index is 0.223. The van der Waals surface area contributed by atoms with Gasteiger partial charge in [0, 0.05) is 25.8 Å². The summed E-state index contributed by atoms with van der Waals surface area (Å²) in [7, 11) is 0. The first-order chi connectivity index (χ1) is 12.9. The number of aryl methyl sites for hydroxylation is 1. The Bertz CT molecular complexity index is 900. The lowest BCUT2D eigenvalue weighted by molar-refractivity contribution is -0.0394. The van der Waals surface area contributed by atoms with E-state index in [1.165, 1.54) is 12.4 Å². The van der Waals surface area contributed by atoms with E-state index < -0.39 is 5.60 Å². The largest absolute Gasteiger partial charge is 0.370 e. The molecule has 2 aromatic rings. The van der Waals surface area contributed by atoms with Crippen molar-refractivity contribution >= 4 is 23.3 Å². The van der Waals surface area contributed by atoms with Gasteiger partial charge in [-0.15, -0.1) is 0 Å². The number of carbonyl (C=O) groups excluding carboxylic acids is 1. The van der Waals surface area contributed by atoms with E-state index in [0.29, 0.717) is 53.9 Å². The van der Waals surface area contributed by atoms with Crippen LogP contribution in [0.2, 0.25) is 5.02 Å². The van der Waals surface area contributed by atoms with Crippen LogP contribution >= 0.6 is 11.6 Å². The van der Waals surface area contributed by atoms with E-state index in [9.17, 15) is 4.79 Å². The Balaban J connectivity index is 1.68. The highest BCUT2D eigenvalue weighted by atomic mass is 35.5. The van der Waals surface area contributed by atoms with Gasteiger partial charge in [0.15, 0.2) is 0 Å². The van der Waals surface area contributed by atoms with Crippen molar-refractivity contribution in [1.82, 2.24) is 20.5 Å². The third-order valence-corrected chi connectivity index (χ3v) is 4.64. The second-order valence-electron chi connectivity index (χ2n) is 6.57. The standard InChI is InChI=1S/C18H19ClN6O2/c1-12-14(3-4-23-24-12)17(26)22-10-18(2)11-25(5-6-27-18)16-15(19)7-13(8-20)9-21-16/h3-4,7,9H,5-6,10-11H2,1-2H3,(H,22,26). The number of anilines is 1. The van der Waals surface area contributed by atoms with Gasteiger partial charge in [-0.25, -0.2) is 4.98 Å². The van der Waals surface area contributed by atoms with Crippen molar-refractivity contribution < 1.29 is 9.53 Å². The summed E-state index contributed by atoms with van der Waals surface area (Å²) in [4.78, 5) is 18.7. The Morgan fingerprint density at radius 3 is 3.07 bits per heavy atom. The first-order valence-corrected chi connectivity index (χ1v) is 8.81. The number of rotatable bonds is 4. The second-order valence-corrected chi connectivity index (χ2v) is 6.98. The molecule has 1 N–H and O–H groups in total. The number of amides is 1. The van der Waals surface area contributed by atoms with Gasteiger partial charge in [-0.3, -0.25) is 4.79 Å². The van der Waals surface area contributed by atoms with Gasteiger partial charge in [0.1, 0.15) is 17.5 Å². The summed E-state index contributed by atoms with van der Waals surface area (Å²) < 4.78 is 5.91. The molecule has 1 aliphatic rings. The molecular weight excluding hydrogens is 368 g/mol. The highest BCUT2D eigenvalue weighted by Crippen LogP contribution is 2.28. The normalized spacial score (nSPS) is 19.4. The number of nitriles is 1. The Morgan fingerprint density at radius 2 is 2.37 bits per heavy atom. The summed E-state index contributed by atoms with van der Waals surface area (Å²) in [6, 6.07) is 5.25. The molecule has 27 heavy (non-hydrogen) atoms. The molecule has 0 bridgehead atoms. The summed E-state index contributed by atoms with van der Waals surface area (Å²) in [5.74, 6) is 0.379. The van der Waals surface area contributed by atoms with Crippen LogP contribution in [-0.2, 0) is 4.74 Å². The lowest BCUT2D eigenvalue weighted by Gasteiger charge is -2.41. The Kier molecular flexibility index (Phi) is 5.54. The van der Waals surface area contributed by atoms with Crippen molar-refractivity contribution in [1.29, 1.82) is 5.26 Å². The summed E-state index contributed by atoms with van der Waals surface area (Å²) in [6.07, 6.45) is 2.98. The Hall–Kier alpha value is -2.76. The third-order valence-electron chi connectivity index (χ3n) is 4.36. The molecule has 2 aromatic heterocycles.